The van der Waals surface area contributed by atoms with Crippen LogP contribution in [-0.2, 0) is 0 Å². The summed E-state index contributed by atoms with van der Waals surface area (Å²) in [6, 6.07) is 9.24. The van der Waals surface area contributed by atoms with Crippen molar-refractivity contribution in [2.24, 2.45) is 0 Å². The quantitative estimate of drug-likeness (QED) is 0.749. The van der Waals surface area contributed by atoms with Gasteiger partial charge in [-0.1, -0.05) is 12.1 Å². The first-order chi connectivity index (χ1) is 11.1. The van der Waals surface area contributed by atoms with E-state index < -0.39 is 0 Å². The molecule has 0 spiro atoms. The summed E-state index contributed by atoms with van der Waals surface area (Å²) in [5.41, 5.74) is 4.51. The van der Waals surface area contributed by atoms with E-state index in [-0.39, 0.29) is 5.56 Å². The van der Waals surface area contributed by atoms with E-state index >= 15 is 0 Å². The number of aryl methyl sites for hydroxylation is 2. The number of aromatic nitrogens is 3. The number of hydrogen-bond donors (Lipinski definition) is 1. The fourth-order valence-corrected chi connectivity index (χ4v) is 2.91. The normalized spacial score (nSPS) is 11.4. The average molecular weight is 323 g/mol. The van der Waals surface area contributed by atoms with E-state index in [1.807, 2.05) is 18.4 Å². The van der Waals surface area contributed by atoms with Crippen molar-refractivity contribution in [1.29, 1.82) is 5.26 Å². The van der Waals surface area contributed by atoms with Crippen LogP contribution in [0.25, 0.3) is 16.5 Å². The summed E-state index contributed by atoms with van der Waals surface area (Å²) in [6.45, 7) is 3.60. The maximum absolute atomic E-state index is 12.5. The van der Waals surface area contributed by atoms with Gasteiger partial charge in [0.25, 0.3) is 5.56 Å². The number of para-hydroxylation sites is 1. The second-order valence-corrected chi connectivity index (χ2v) is 5.77. The third-order valence-corrected chi connectivity index (χ3v) is 4.24. The summed E-state index contributed by atoms with van der Waals surface area (Å²) >= 11 is 1.38. The second kappa shape index (κ2) is 6.02. The third-order valence-electron chi connectivity index (χ3n) is 3.25. The van der Waals surface area contributed by atoms with Crippen molar-refractivity contribution in [3.63, 3.8) is 0 Å². The lowest BCUT2D eigenvalue weighted by Gasteiger charge is -2.10. The molecule has 0 aliphatic heterocycles. The van der Waals surface area contributed by atoms with Crippen LogP contribution in [-0.4, -0.2) is 14.6 Å². The fraction of sp³-hybridized carbons (Fsp3) is 0.125. The minimum absolute atomic E-state index is 0.211. The molecule has 0 radical (unpaired) electrons. The van der Waals surface area contributed by atoms with Gasteiger partial charge in [-0.2, -0.15) is 5.26 Å². The maximum atomic E-state index is 12.5. The van der Waals surface area contributed by atoms with Crippen LogP contribution in [0.1, 0.15) is 16.5 Å². The Bertz CT molecular complexity index is 1010. The van der Waals surface area contributed by atoms with Gasteiger partial charge >= 0.3 is 0 Å². The molecule has 1 N–H and O–H groups in total. The van der Waals surface area contributed by atoms with Crippen molar-refractivity contribution >= 4 is 27.8 Å². The molecule has 0 saturated carbocycles. The molecule has 0 bridgehead atoms. The number of hydrogen-bond acceptors (Lipinski definition) is 6. The highest BCUT2D eigenvalue weighted by Crippen LogP contribution is 2.18. The number of benzene rings is 1. The summed E-state index contributed by atoms with van der Waals surface area (Å²) in [5.74, 6) is 0.512. The van der Waals surface area contributed by atoms with Gasteiger partial charge in [-0.15, -0.1) is 11.3 Å². The molecule has 0 fully saturated rings. The van der Waals surface area contributed by atoms with Gasteiger partial charge in [-0.05, 0) is 26.0 Å². The molecule has 2 aromatic heterocycles. The zero-order valence-electron chi connectivity index (χ0n) is 12.6. The number of rotatable bonds is 3. The monoisotopic (exact) mass is 323 g/mol. The number of nitrogens with one attached hydrogen (secondary N) is 1. The Morgan fingerprint density at radius 2 is 2.13 bits per heavy atom. The molecule has 0 saturated heterocycles. The van der Waals surface area contributed by atoms with E-state index in [4.69, 9.17) is 0 Å². The van der Waals surface area contributed by atoms with Crippen LogP contribution in [0.15, 0.2) is 40.6 Å². The second-order valence-electron chi connectivity index (χ2n) is 4.91. The van der Waals surface area contributed by atoms with E-state index in [0.717, 1.165) is 5.69 Å². The fourth-order valence-electron chi connectivity index (χ4n) is 2.14. The summed E-state index contributed by atoms with van der Waals surface area (Å²) in [7, 11) is 0. The first kappa shape index (κ1) is 14.9. The first-order valence-electron chi connectivity index (χ1n) is 6.88. The minimum atomic E-state index is -0.211. The van der Waals surface area contributed by atoms with Crippen LogP contribution in [0.4, 0.5) is 0 Å². The van der Waals surface area contributed by atoms with Crippen molar-refractivity contribution in [2.45, 2.75) is 13.8 Å². The zero-order valence-corrected chi connectivity index (χ0v) is 13.4. The molecule has 0 unspecified atom stereocenters. The van der Waals surface area contributed by atoms with Crippen molar-refractivity contribution in [3.05, 3.63) is 62.7 Å². The molecule has 114 valence electrons. The van der Waals surface area contributed by atoms with Crippen molar-refractivity contribution in [2.75, 3.05) is 5.43 Å². The Balaban J connectivity index is 2.03. The van der Waals surface area contributed by atoms with Gasteiger partial charge in [-0.25, -0.2) is 14.6 Å². The van der Waals surface area contributed by atoms with Gasteiger partial charge in [-0.3, -0.25) is 10.2 Å². The van der Waals surface area contributed by atoms with Crippen LogP contribution >= 0.6 is 11.3 Å². The molecule has 3 rings (SSSR count). The lowest BCUT2D eigenvalue weighted by Crippen LogP contribution is -2.29. The Hall–Kier alpha value is -2.98. The molecular weight excluding hydrogens is 310 g/mol. The van der Waals surface area contributed by atoms with E-state index in [1.165, 1.54) is 22.2 Å². The van der Waals surface area contributed by atoms with Crippen LogP contribution in [0, 0.1) is 25.2 Å². The molecule has 0 aliphatic carbocycles. The molecule has 2 heterocycles. The Morgan fingerprint density at radius 1 is 1.35 bits per heavy atom. The van der Waals surface area contributed by atoms with E-state index in [2.05, 4.69) is 21.5 Å². The Labute approximate surface area is 136 Å². The number of fused-ring (bicyclic) bond motifs is 1. The highest BCUT2D eigenvalue weighted by atomic mass is 32.1. The topological polar surface area (TPSA) is 83.6 Å². The van der Waals surface area contributed by atoms with Crippen LogP contribution in [0.3, 0.4) is 0 Å². The SMILES string of the molecule is Cc1csc(/C(C#N)=C/Nn2c(C)nc3ccccc3c2=O)n1. The summed E-state index contributed by atoms with van der Waals surface area (Å²) < 4.78 is 1.32. The Kier molecular flexibility index (Phi) is 3.91. The predicted molar refractivity (Wildman–Crippen MR) is 90.5 cm³/mol. The van der Waals surface area contributed by atoms with Gasteiger partial charge in [0.05, 0.1) is 10.9 Å². The molecule has 3 aromatic rings. The van der Waals surface area contributed by atoms with E-state index in [0.29, 0.717) is 27.3 Å². The number of thiazole rings is 1. The average Bonchev–Trinajstić information content (AvgIpc) is 2.97. The van der Waals surface area contributed by atoms with Crippen LogP contribution in [0.2, 0.25) is 0 Å². The van der Waals surface area contributed by atoms with Gasteiger partial charge in [0.2, 0.25) is 0 Å². The molecule has 0 aliphatic rings. The third kappa shape index (κ3) is 2.84. The molecule has 0 amide bonds. The largest absolute Gasteiger partial charge is 0.296 e. The molecular formula is C16H13N5OS. The number of nitriles is 1. The minimum Gasteiger partial charge on any atom is -0.296 e. The van der Waals surface area contributed by atoms with Gasteiger partial charge in [0.15, 0.2) is 0 Å². The standard InChI is InChI=1S/C16H13N5OS/c1-10-9-23-15(19-10)12(7-17)8-18-21-11(2)20-14-6-4-3-5-13(14)16(21)22/h3-6,8-9,18H,1-2H3/b12-8+. The Morgan fingerprint density at radius 3 is 2.83 bits per heavy atom. The number of allylic oxidation sites excluding steroid dienone is 1. The predicted octanol–water partition coefficient (Wildman–Crippen LogP) is 2.58. The summed E-state index contributed by atoms with van der Waals surface area (Å²) in [5, 5.41) is 12.3. The molecule has 6 nitrogen and oxygen atoms in total. The number of nitrogens with zero attached hydrogens (tertiary/aromatic N) is 4. The van der Waals surface area contributed by atoms with Crippen LogP contribution in [0.5, 0.6) is 0 Å². The summed E-state index contributed by atoms with van der Waals surface area (Å²) in [6.07, 6.45) is 1.48. The highest BCUT2D eigenvalue weighted by Gasteiger charge is 2.08. The molecule has 7 heteroatoms. The lowest BCUT2D eigenvalue weighted by molar-refractivity contribution is 0.822. The van der Waals surface area contributed by atoms with Crippen molar-refractivity contribution in [1.82, 2.24) is 14.6 Å². The van der Waals surface area contributed by atoms with Gasteiger partial charge in [0, 0.05) is 17.3 Å². The van der Waals surface area contributed by atoms with Crippen molar-refractivity contribution in [3.8, 4) is 6.07 Å². The molecule has 1 aromatic carbocycles. The highest BCUT2D eigenvalue weighted by molar-refractivity contribution is 7.10. The van der Waals surface area contributed by atoms with Crippen molar-refractivity contribution < 1.29 is 0 Å². The molecule has 0 atom stereocenters. The lowest BCUT2D eigenvalue weighted by atomic mass is 10.2. The van der Waals surface area contributed by atoms with E-state index in [9.17, 15) is 10.1 Å². The van der Waals surface area contributed by atoms with Gasteiger partial charge in [0.1, 0.15) is 22.5 Å². The smallest absolute Gasteiger partial charge is 0.280 e. The summed E-state index contributed by atoms with van der Waals surface area (Å²) in [4.78, 5) is 21.2. The van der Waals surface area contributed by atoms with Gasteiger partial charge < -0.3 is 0 Å². The van der Waals surface area contributed by atoms with Crippen LogP contribution < -0.4 is 11.0 Å². The maximum Gasteiger partial charge on any atom is 0.280 e. The van der Waals surface area contributed by atoms with E-state index in [1.54, 1.807) is 25.1 Å². The zero-order chi connectivity index (χ0) is 16.4. The molecule has 23 heavy (non-hydrogen) atoms. The first-order valence-corrected chi connectivity index (χ1v) is 7.76.